The van der Waals surface area contributed by atoms with Gasteiger partial charge in [0.2, 0.25) is 5.91 Å². The van der Waals surface area contributed by atoms with Crippen LogP contribution in [-0.4, -0.2) is 15.9 Å². The van der Waals surface area contributed by atoms with E-state index in [1.165, 1.54) is 12.1 Å². The number of nitrogens with zero attached hydrogens (tertiary/aromatic N) is 1. The Balaban J connectivity index is 1.66. The first-order chi connectivity index (χ1) is 10.2. The number of aromatic amines is 1. The first-order valence-electron chi connectivity index (χ1n) is 6.63. The van der Waals surface area contributed by atoms with Crippen molar-refractivity contribution in [2.75, 3.05) is 0 Å². The van der Waals surface area contributed by atoms with Gasteiger partial charge < -0.3 is 10.3 Å². The van der Waals surface area contributed by atoms with Crippen LogP contribution in [0.4, 0.5) is 4.39 Å². The Morgan fingerprint density at radius 2 is 2.05 bits per heavy atom. The zero-order valence-electron chi connectivity index (χ0n) is 11.3. The number of H-pyrrole nitrogens is 1. The van der Waals surface area contributed by atoms with E-state index < -0.39 is 0 Å². The molecule has 5 heteroatoms. The summed E-state index contributed by atoms with van der Waals surface area (Å²) in [5.74, 6) is -0.366. The number of fused-ring (bicyclic) bond motifs is 1. The molecule has 0 radical (unpaired) electrons. The van der Waals surface area contributed by atoms with Crippen LogP contribution in [0.3, 0.4) is 0 Å². The second-order valence-corrected chi connectivity index (χ2v) is 4.81. The number of carbonyl (C=O) groups excluding carboxylic acids is 1. The number of halogens is 1. The van der Waals surface area contributed by atoms with E-state index in [0.717, 1.165) is 16.5 Å². The Morgan fingerprint density at radius 1 is 1.24 bits per heavy atom. The molecule has 3 rings (SSSR count). The summed E-state index contributed by atoms with van der Waals surface area (Å²) in [4.78, 5) is 18.9. The summed E-state index contributed by atoms with van der Waals surface area (Å²) in [5.41, 5.74) is 2.56. The van der Waals surface area contributed by atoms with Gasteiger partial charge >= 0.3 is 0 Å². The summed E-state index contributed by atoms with van der Waals surface area (Å²) in [6.07, 6.45) is 5.39. The van der Waals surface area contributed by atoms with Crippen LogP contribution in [0, 0.1) is 5.82 Å². The highest BCUT2D eigenvalue weighted by Gasteiger charge is 2.09. The third-order valence-electron chi connectivity index (χ3n) is 3.32. The molecular formula is C16H14FN3O. The fourth-order valence-corrected chi connectivity index (χ4v) is 2.24. The van der Waals surface area contributed by atoms with Crippen molar-refractivity contribution in [3.63, 3.8) is 0 Å². The van der Waals surface area contributed by atoms with Crippen LogP contribution in [0.5, 0.6) is 0 Å². The van der Waals surface area contributed by atoms with Crippen LogP contribution in [0.2, 0.25) is 0 Å². The molecule has 2 N–H and O–H groups in total. The second kappa shape index (κ2) is 5.75. The lowest BCUT2D eigenvalue weighted by Gasteiger charge is -2.04. The molecule has 0 bridgehead atoms. The molecule has 0 saturated carbocycles. The number of aromatic nitrogens is 2. The van der Waals surface area contributed by atoms with Crippen LogP contribution >= 0.6 is 0 Å². The summed E-state index contributed by atoms with van der Waals surface area (Å²) in [7, 11) is 0. The van der Waals surface area contributed by atoms with Crippen molar-refractivity contribution in [1.29, 1.82) is 0 Å². The van der Waals surface area contributed by atoms with Crippen LogP contribution in [0.15, 0.2) is 48.9 Å². The molecular weight excluding hydrogens is 269 g/mol. The Hall–Kier alpha value is -2.69. The van der Waals surface area contributed by atoms with Crippen molar-refractivity contribution in [2.24, 2.45) is 0 Å². The van der Waals surface area contributed by atoms with E-state index in [4.69, 9.17) is 0 Å². The highest BCUT2D eigenvalue weighted by Crippen LogP contribution is 2.19. The minimum atomic E-state index is -0.293. The average Bonchev–Trinajstić information content (AvgIpc) is 2.88. The summed E-state index contributed by atoms with van der Waals surface area (Å²) in [5, 5.41) is 3.73. The monoisotopic (exact) mass is 283 g/mol. The predicted octanol–water partition coefficient (Wildman–Crippen LogP) is 2.56. The number of rotatable bonds is 4. The molecule has 1 aromatic carbocycles. The molecule has 0 fully saturated rings. The van der Waals surface area contributed by atoms with Gasteiger partial charge in [-0.2, -0.15) is 0 Å². The molecule has 21 heavy (non-hydrogen) atoms. The Bertz CT molecular complexity index is 768. The van der Waals surface area contributed by atoms with Crippen molar-refractivity contribution in [3.8, 4) is 0 Å². The van der Waals surface area contributed by atoms with Crippen LogP contribution in [-0.2, 0) is 17.8 Å². The van der Waals surface area contributed by atoms with E-state index in [1.807, 2.05) is 12.1 Å². The molecule has 4 nitrogen and oxygen atoms in total. The van der Waals surface area contributed by atoms with Gasteiger partial charge in [0, 0.05) is 36.0 Å². The molecule has 0 spiro atoms. The van der Waals surface area contributed by atoms with E-state index in [2.05, 4.69) is 15.3 Å². The maximum absolute atomic E-state index is 13.1. The Morgan fingerprint density at radius 3 is 2.86 bits per heavy atom. The first kappa shape index (κ1) is 13.3. The van der Waals surface area contributed by atoms with Gasteiger partial charge in [0.05, 0.1) is 6.42 Å². The lowest BCUT2D eigenvalue weighted by atomic mass is 10.1. The van der Waals surface area contributed by atoms with Crippen molar-refractivity contribution < 1.29 is 9.18 Å². The highest BCUT2D eigenvalue weighted by molar-refractivity contribution is 5.88. The number of carbonyl (C=O) groups is 1. The SMILES string of the molecule is O=C(Cc1c[nH]c2cc(F)ccc12)NCc1ccncc1. The number of nitrogens with one attached hydrogen (secondary N) is 2. The number of hydrogen-bond acceptors (Lipinski definition) is 2. The lowest BCUT2D eigenvalue weighted by Crippen LogP contribution is -2.24. The lowest BCUT2D eigenvalue weighted by molar-refractivity contribution is -0.120. The van der Waals surface area contributed by atoms with E-state index in [9.17, 15) is 9.18 Å². The number of pyridine rings is 1. The average molecular weight is 283 g/mol. The molecule has 0 aliphatic rings. The minimum absolute atomic E-state index is 0.0722. The summed E-state index contributed by atoms with van der Waals surface area (Å²) >= 11 is 0. The maximum Gasteiger partial charge on any atom is 0.224 e. The van der Waals surface area contributed by atoms with Gasteiger partial charge in [-0.1, -0.05) is 0 Å². The van der Waals surface area contributed by atoms with Crippen LogP contribution in [0.25, 0.3) is 10.9 Å². The second-order valence-electron chi connectivity index (χ2n) is 4.81. The summed E-state index contributed by atoms with van der Waals surface area (Å²) in [6, 6.07) is 8.22. The number of amides is 1. The summed E-state index contributed by atoms with van der Waals surface area (Å²) < 4.78 is 13.1. The normalized spacial score (nSPS) is 10.7. The fraction of sp³-hybridized carbons (Fsp3) is 0.125. The molecule has 0 atom stereocenters. The maximum atomic E-state index is 13.1. The van der Waals surface area contributed by atoms with Gasteiger partial charge in [-0.25, -0.2) is 4.39 Å². The third-order valence-corrected chi connectivity index (χ3v) is 3.32. The smallest absolute Gasteiger partial charge is 0.224 e. The standard InChI is InChI=1S/C16H14FN3O/c17-13-1-2-14-12(10-19-15(14)8-13)7-16(21)20-9-11-3-5-18-6-4-11/h1-6,8,10,19H,7,9H2,(H,20,21). The van der Waals surface area contributed by atoms with Crippen molar-refractivity contribution in [1.82, 2.24) is 15.3 Å². The van der Waals surface area contributed by atoms with Crippen LogP contribution in [0.1, 0.15) is 11.1 Å². The third kappa shape index (κ3) is 3.08. The Kier molecular flexibility index (Phi) is 3.64. The molecule has 0 saturated heterocycles. The molecule has 3 aromatic rings. The quantitative estimate of drug-likeness (QED) is 0.773. The van der Waals surface area contributed by atoms with E-state index in [1.54, 1.807) is 24.7 Å². The molecule has 106 valence electrons. The molecule has 2 heterocycles. The van der Waals surface area contributed by atoms with Gasteiger partial charge in [0.1, 0.15) is 5.82 Å². The van der Waals surface area contributed by atoms with E-state index >= 15 is 0 Å². The zero-order valence-corrected chi connectivity index (χ0v) is 11.3. The molecule has 0 aliphatic heterocycles. The molecule has 2 aromatic heterocycles. The molecule has 0 aliphatic carbocycles. The summed E-state index contributed by atoms with van der Waals surface area (Å²) in [6.45, 7) is 0.471. The topological polar surface area (TPSA) is 57.8 Å². The molecule has 1 amide bonds. The van der Waals surface area contributed by atoms with Gasteiger partial charge in [-0.15, -0.1) is 0 Å². The van der Waals surface area contributed by atoms with E-state index in [-0.39, 0.29) is 18.1 Å². The number of hydrogen-bond donors (Lipinski definition) is 2. The van der Waals surface area contributed by atoms with Gasteiger partial charge in [0.25, 0.3) is 0 Å². The van der Waals surface area contributed by atoms with Gasteiger partial charge in [-0.05, 0) is 41.5 Å². The largest absolute Gasteiger partial charge is 0.361 e. The zero-order chi connectivity index (χ0) is 14.7. The molecule has 0 unspecified atom stereocenters. The van der Waals surface area contributed by atoms with E-state index in [0.29, 0.717) is 12.1 Å². The first-order valence-corrected chi connectivity index (χ1v) is 6.63. The van der Waals surface area contributed by atoms with Gasteiger partial charge in [-0.3, -0.25) is 9.78 Å². The Labute approximate surface area is 121 Å². The van der Waals surface area contributed by atoms with Gasteiger partial charge in [0.15, 0.2) is 0 Å². The van der Waals surface area contributed by atoms with Crippen molar-refractivity contribution in [2.45, 2.75) is 13.0 Å². The van der Waals surface area contributed by atoms with Crippen LogP contribution < -0.4 is 5.32 Å². The minimum Gasteiger partial charge on any atom is -0.361 e. The highest BCUT2D eigenvalue weighted by atomic mass is 19.1. The van der Waals surface area contributed by atoms with Crippen molar-refractivity contribution >= 4 is 16.8 Å². The van der Waals surface area contributed by atoms with Crippen molar-refractivity contribution in [3.05, 3.63) is 65.9 Å². The predicted molar refractivity (Wildman–Crippen MR) is 78.0 cm³/mol. The fourth-order valence-electron chi connectivity index (χ4n) is 2.24. The number of benzene rings is 1.